The van der Waals surface area contributed by atoms with Gasteiger partial charge < -0.3 is 49.1 Å². The van der Waals surface area contributed by atoms with Crippen LogP contribution in [0.25, 0.3) is 0 Å². The van der Waals surface area contributed by atoms with Crippen molar-refractivity contribution in [2.24, 2.45) is 5.92 Å². The van der Waals surface area contributed by atoms with Crippen molar-refractivity contribution >= 4 is 29.8 Å². The van der Waals surface area contributed by atoms with Gasteiger partial charge in [0.25, 0.3) is 0 Å². The van der Waals surface area contributed by atoms with Crippen LogP contribution >= 0.6 is 0 Å². The van der Waals surface area contributed by atoms with Crippen molar-refractivity contribution in [2.75, 3.05) is 6.61 Å². The Labute approximate surface area is 380 Å². The van der Waals surface area contributed by atoms with Crippen molar-refractivity contribution in [3.63, 3.8) is 0 Å². The lowest BCUT2D eigenvalue weighted by atomic mass is 9.96. The molecule has 4 aromatic rings. The molecule has 4 aromatic carbocycles. The molecule has 1 fully saturated rings. The van der Waals surface area contributed by atoms with Crippen LogP contribution < -0.4 is 16.0 Å². The summed E-state index contributed by atoms with van der Waals surface area (Å²) in [6.07, 6.45) is -7.11. The number of hydrogen-bond donors (Lipinski definition) is 3. The van der Waals surface area contributed by atoms with Gasteiger partial charge in [0, 0.05) is 6.92 Å². The molecule has 1 aliphatic rings. The van der Waals surface area contributed by atoms with E-state index in [1.807, 2.05) is 97.1 Å². The van der Waals surface area contributed by atoms with E-state index in [1.165, 1.54) is 6.92 Å². The Hall–Kier alpha value is -6.13. The predicted molar refractivity (Wildman–Crippen MR) is 239 cm³/mol. The first-order chi connectivity index (χ1) is 31.1. The van der Waals surface area contributed by atoms with Crippen LogP contribution in [-0.4, -0.2) is 84.8 Å². The summed E-state index contributed by atoms with van der Waals surface area (Å²) in [7, 11) is 0. The van der Waals surface area contributed by atoms with Crippen molar-refractivity contribution < 1.29 is 57.1 Å². The van der Waals surface area contributed by atoms with Gasteiger partial charge in [0.1, 0.15) is 42.6 Å². The number of ether oxygens (including phenoxy) is 7. The minimum atomic E-state index is -1.56. The van der Waals surface area contributed by atoms with Crippen molar-refractivity contribution in [1.29, 1.82) is 0 Å². The highest BCUT2D eigenvalue weighted by Gasteiger charge is 2.50. The van der Waals surface area contributed by atoms with Crippen LogP contribution in [0, 0.1) is 5.92 Å². The number of hydrogen-bond acceptors (Lipinski definition) is 12. The zero-order valence-corrected chi connectivity index (χ0v) is 37.8. The Morgan fingerprint density at radius 3 is 1.63 bits per heavy atom. The minimum Gasteiger partial charge on any atom is -0.458 e. The summed E-state index contributed by atoms with van der Waals surface area (Å²) in [4.78, 5) is 67.6. The average Bonchev–Trinajstić information content (AvgIpc) is 3.27. The maximum atomic E-state index is 14.2. The first kappa shape index (κ1) is 49.9. The van der Waals surface area contributed by atoms with Crippen molar-refractivity contribution in [2.45, 2.75) is 123 Å². The van der Waals surface area contributed by atoms with Crippen LogP contribution in [0.1, 0.15) is 70.2 Å². The number of carbonyl (C=O) groups excluding carboxylic acids is 5. The molecule has 3 unspecified atom stereocenters. The fourth-order valence-electron chi connectivity index (χ4n) is 6.91. The van der Waals surface area contributed by atoms with Gasteiger partial charge in [-0.2, -0.15) is 0 Å². The fourth-order valence-corrected chi connectivity index (χ4v) is 6.91. The molecule has 15 nitrogen and oxygen atoms in total. The molecule has 1 saturated heterocycles. The van der Waals surface area contributed by atoms with Crippen LogP contribution in [0.2, 0.25) is 0 Å². The van der Waals surface area contributed by atoms with Crippen LogP contribution in [0.3, 0.4) is 0 Å². The molecule has 15 heteroatoms. The van der Waals surface area contributed by atoms with Gasteiger partial charge in [0.2, 0.25) is 11.8 Å². The maximum Gasteiger partial charge on any atom is 0.408 e. The number of amides is 3. The van der Waals surface area contributed by atoms with Crippen LogP contribution in [0.15, 0.2) is 121 Å². The first-order valence-corrected chi connectivity index (χ1v) is 21.7. The van der Waals surface area contributed by atoms with Gasteiger partial charge >= 0.3 is 18.0 Å². The third-order valence-electron chi connectivity index (χ3n) is 10.0. The minimum absolute atomic E-state index is 0.0280. The SMILES string of the molecule is CC(=O)OC1C(OCc2ccccc2)[C@H](OCc2ccccc2)C(COCc2ccccc2)O[C@H]1NC(=O)C[C@H](NC(=O)OCc1ccccc1)C(=O)N[C@H](C(=O)OC(C)(C)C)C(C)C. The molecular formula is C50H61N3O12. The second kappa shape index (κ2) is 24.8. The number of esters is 2. The van der Waals surface area contributed by atoms with E-state index in [4.69, 9.17) is 33.2 Å². The molecular weight excluding hydrogens is 835 g/mol. The predicted octanol–water partition coefficient (Wildman–Crippen LogP) is 6.31. The molecule has 1 aliphatic heterocycles. The number of rotatable bonds is 21. The van der Waals surface area contributed by atoms with Crippen LogP contribution in [0.5, 0.6) is 0 Å². The fraction of sp³-hybridized carbons (Fsp3) is 0.420. The lowest BCUT2D eigenvalue weighted by molar-refractivity contribution is -0.270. The molecule has 0 bridgehead atoms. The van der Waals surface area contributed by atoms with Crippen molar-refractivity contribution in [3.8, 4) is 0 Å². The second-order valence-corrected chi connectivity index (χ2v) is 17.0. The summed E-state index contributed by atoms with van der Waals surface area (Å²) in [5.74, 6) is -3.45. The Kier molecular flexibility index (Phi) is 19.0. The Morgan fingerprint density at radius 1 is 0.646 bits per heavy atom. The summed E-state index contributed by atoms with van der Waals surface area (Å²) in [5.41, 5.74) is 2.43. The standard InChI is InChI=1S/C50H61N3O12/c1-33(2)42(48(57)65-50(4,5)6)53-46(56)39(51-49(58)62-31-38-25-17-10-18-26-38)27-41(55)52-47-45(63-34(3)54)44(61-30-37-23-15-9-16-24-37)43(60-29-36-21-13-8-14-22-36)40(64-47)32-59-28-35-19-11-7-12-20-35/h7-26,33,39-40,42-45,47H,27-32H2,1-6H3,(H,51,58)(H,52,55)(H,53,56)/t39-,40?,42-,43+,44?,45?,47+/m0/s1. The normalized spacial score (nSPS) is 19.3. The van der Waals surface area contributed by atoms with E-state index in [-0.39, 0.29) is 33.0 Å². The van der Waals surface area contributed by atoms with Gasteiger partial charge in [0.05, 0.1) is 32.8 Å². The molecule has 0 spiro atoms. The topological polar surface area (TPSA) is 186 Å². The highest BCUT2D eigenvalue weighted by Crippen LogP contribution is 2.30. The van der Waals surface area contributed by atoms with Gasteiger partial charge in [0.15, 0.2) is 12.3 Å². The Morgan fingerprint density at radius 2 is 1.14 bits per heavy atom. The monoisotopic (exact) mass is 895 g/mol. The highest BCUT2D eigenvalue weighted by molar-refractivity contribution is 5.93. The quantitative estimate of drug-likeness (QED) is 0.0626. The maximum absolute atomic E-state index is 14.2. The molecule has 0 aromatic heterocycles. The van der Waals surface area contributed by atoms with Crippen molar-refractivity contribution in [3.05, 3.63) is 144 Å². The summed E-state index contributed by atoms with van der Waals surface area (Å²) in [5, 5.41) is 7.94. The molecule has 7 atom stereocenters. The van der Waals surface area contributed by atoms with Gasteiger partial charge in [-0.3, -0.25) is 14.4 Å². The smallest absolute Gasteiger partial charge is 0.408 e. The van der Waals surface area contributed by atoms with E-state index in [9.17, 15) is 24.0 Å². The summed E-state index contributed by atoms with van der Waals surface area (Å²) in [6, 6.07) is 34.6. The molecule has 3 N–H and O–H groups in total. The van der Waals surface area contributed by atoms with Gasteiger partial charge in [-0.1, -0.05) is 135 Å². The van der Waals surface area contributed by atoms with Gasteiger partial charge in [-0.05, 0) is 48.9 Å². The first-order valence-electron chi connectivity index (χ1n) is 21.7. The van der Waals surface area contributed by atoms with E-state index in [2.05, 4.69) is 16.0 Å². The number of benzene rings is 4. The molecule has 348 valence electrons. The lowest BCUT2D eigenvalue weighted by Gasteiger charge is -2.45. The number of carbonyl (C=O) groups is 5. The van der Waals surface area contributed by atoms with E-state index < -0.39 is 90.5 Å². The van der Waals surface area contributed by atoms with E-state index >= 15 is 0 Å². The summed E-state index contributed by atoms with van der Waals surface area (Å²) < 4.78 is 42.8. The summed E-state index contributed by atoms with van der Waals surface area (Å²) >= 11 is 0. The molecule has 0 aliphatic carbocycles. The van der Waals surface area contributed by atoms with Gasteiger partial charge in [-0.25, -0.2) is 9.59 Å². The van der Waals surface area contributed by atoms with Gasteiger partial charge in [-0.15, -0.1) is 0 Å². The van der Waals surface area contributed by atoms with E-state index in [1.54, 1.807) is 58.9 Å². The number of alkyl carbamates (subject to hydrolysis) is 1. The zero-order valence-electron chi connectivity index (χ0n) is 37.8. The molecule has 0 saturated carbocycles. The van der Waals surface area contributed by atoms with E-state index in [0.29, 0.717) is 5.56 Å². The lowest BCUT2D eigenvalue weighted by Crippen LogP contribution is -2.66. The molecule has 65 heavy (non-hydrogen) atoms. The molecule has 3 amide bonds. The molecule has 0 radical (unpaired) electrons. The largest absolute Gasteiger partial charge is 0.458 e. The average molecular weight is 896 g/mol. The van der Waals surface area contributed by atoms with E-state index in [0.717, 1.165) is 16.7 Å². The molecule has 1 heterocycles. The third-order valence-corrected chi connectivity index (χ3v) is 10.0. The highest BCUT2D eigenvalue weighted by atomic mass is 16.6. The Balaban J connectivity index is 1.43. The molecule has 5 rings (SSSR count). The van der Waals surface area contributed by atoms with Crippen molar-refractivity contribution in [1.82, 2.24) is 16.0 Å². The summed E-state index contributed by atoms with van der Waals surface area (Å²) in [6.45, 7) is 10.1. The number of nitrogens with one attached hydrogen (secondary N) is 3. The van der Waals surface area contributed by atoms with Crippen LogP contribution in [0.4, 0.5) is 4.79 Å². The zero-order chi connectivity index (χ0) is 46.8. The van der Waals surface area contributed by atoms with Crippen LogP contribution in [-0.2, 0) is 78.8 Å². The Bertz CT molecular complexity index is 2100. The second-order valence-electron chi connectivity index (χ2n) is 17.0. The third kappa shape index (κ3) is 16.7.